The first-order valence-electron chi connectivity index (χ1n) is 6.92. The topological polar surface area (TPSA) is 52.2 Å². The molecule has 2 heterocycles. The summed E-state index contributed by atoms with van der Waals surface area (Å²) in [6, 6.07) is 4.34. The first-order valence-corrected chi connectivity index (χ1v) is 8.44. The molecule has 2 aromatic rings. The third-order valence-corrected chi connectivity index (χ3v) is 4.93. The lowest BCUT2D eigenvalue weighted by molar-refractivity contribution is 0.476. The zero-order valence-corrected chi connectivity index (χ0v) is 12.7. The number of anilines is 1. The largest absolute Gasteiger partial charge is 0.370 e. The Labute approximate surface area is 121 Å². The number of fused-ring (bicyclic) bond motifs is 1. The molecular weight excluding hydrogens is 272 g/mol. The Hall–Kier alpha value is -1.40. The number of nitrogens with one attached hydrogen (secondary N) is 1. The number of hydrogen-bond donors (Lipinski definition) is 1. The zero-order valence-electron chi connectivity index (χ0n) is 11.9. The lowest BCUT2D eigenvalue weighted by Gasteiger charge is -2.24. The third-order valence-electron chi connectivity index (χ3n) is 3.84. The van der Waals surface area contributed by atoms with E-state index < -0.39 is 11.0 Å². The zero-order chi connectivity index (χ0) is 14.1. The van der Waals surface area contributed by atoms with Crippen LogP contribution in [0, 0.1) is 6.92 Å². The van der Waals surface area contributed by atoms with Gasteiger partial charge in [-0.1, -0.05) is 0 Å². The highest BCUT2D eigenvalue weighted by Crippen LogP contribution is 2.28. The molecule has 0 radical (unpaired) electrons. The van der Waals surface area contributed by atoms with Gasteiger partial charge in [0.05, 0.1) is 22.7 Å². The molecule has 5 nitrogen and oxygen atoms in total. The third kappa shape index (κ3) is 2.58. The van der Waals surface area contributed by atoms with Gasteiger partial charge >= 0.3 is 0 Å². The average Bonchev–Trinajstić information content (AvgIpc) is 2.73. The Bertz CT molecular complexity index is 639. The van der Waals surface area contributed by atoms with Crippen LogP contribution in [0.1, 0.15) is 12.0 Å². The van der Waals surface area contributed by atoms with Crippen molar-refractivity contribution in [2.75, 3.05) is 37.3 Å². The van der Waals surface area contributed by atoms with Crippen molar-refractivity contribution < 1.29 is 4.21 Å². The predicted octanol–water partition coefficient (Wildman–Crippen LogP) is 1.68. The van der Waals surface area contributed by atoms with Crippen LogP contribution < -0.4 is 4.90 Å². The van der Waals surface area contributed by atoms with Crippen LogP contribution in [0.5, 0.6) is 0 Å². The molecule has 0 aliphatic carbocycles. The van der Waals surface area contributed by atoms with Crippen molar-refractivity contribution in [3.63, 3.8) is 0 Å². The minimum absolute atomic E-state index is 0.844. The van der Waals surface area contributed by atoms with Crippen molar-refractivity contribution in [3.8, 4) is 0 Å². The normalized spacial score (nSPS) is 19.2. The summed E-state index contributed by atoms with van der Waals surface area (Å²) in [5.74, 6) is 0. The van der Waals surface area contributed by atoms with Crippen molar-refractivity contribution in [1.82, 2.24) is 14.5 Å². The van der Waals surface area contributed by atoms with Crippen LogP contribution in [-0.4, -0.2) is 51.1 Å². The van der Waals surface area contributed by atoms with Crippen LogP contribution in [0.15, 0.2) is 18.3 Å². The van der Waals surface area contributed by atoms with E-state index in [2.05, 4.69) is 34.2 Å². The molecule has 1 aliphatic heterocycles. The first kappa shape index (κ1) is 13.6. The number of aryl methyl sites for hydroxylation is 1. The second-order valence-electron chi connectivity index (χ2n) is 5.31. The van der Waals surface area contributed by atoms with Crippen LogP contribution in [0.3, 0.4) is 0 Å². The molecule has 1 N–H and O–H groups in total. The number of H-pyrrole nitrogens is 1. The fourth-order valence-corrected chi connectivity index (χ4v) is 3.55. The van der Waals surface area contributed by atoms with Gasteiger partial charge in [-0.3, -0.25) is 5.10 Å². The SMILES string of the molecule is Cc1cc(N2CCCN(S(C)=O)CC2)c2cn[nH]c2c1. The molecule has 1 fully saturated rings. The summed E-state index contributed by atoms with van der Waals surface area (Å²) in [5.41, 5.74) is 3.55. The maximum absolute atomic E-state index is 11.6. The quantitative estimate of drug-likeness (QED) is 0.916. The molecule has 0 saturated carbocycles. The van der Waals surface area contributed by atoms with Gasteiger partial charge in [0, 0.05) is 43.5 Å². The molecule has 1 aliphatic rings. The van der Waals surface area contributed by atoms with Crippen LogP contribution in [0.2, 0.25) is 0 Å². The number of rotatable bonds is 2. The average molecular weight is 292 g/mol. The molecule has 1 saturated heterocycles. The summed E-state index contributed by atoms with van der Waals surface area (Å²) >= 11 is 0. The Morgan fingerprint density at radius 3 is 2.90 bits per heavy atom. The lowest BCUT2D eigenvalue weighted by Crippen LogP contribution is -2.31. The second-order valence-corrected chi connectivity index (χ2v) is 6.67. The molecule has 1 atom stereocenters. The van der Waals surface area contributed by atoms with E-state index in [0.717, 1.165) is 38.1 Å². The maximum atomic E-state index is 11.6. The molecule has 1 aromatic heterocycles. The fraction of sp³-hybridized carbons (Fsp3) is 0.500. The highest BCUT2D eigenvalue weighted by Gasteiger charge is 2.19. The molecule has 0 spiro atoms. The smallest absolute Gasteiger partial charge is 0.0911 e. The highest BCUT2D eigenvalue weighted by atomic mass is 32.2. The van der Waals surface area contributed by atoms with Gasteiger partial charge < -0.3 is 4.90 Å². The van der Waals surface area contributed by atoms with E-state index >= 15 is 0 Å². The Morgan fingerprint density at radius 2 is 2.10 bits per heavy atom. The Kier molecular flexibility index (Phi) is 3.76. The molecule has 0 amide bonds. The van der Waals surface area contributed by atoms with E-state index in [1.807, 2.05) is 10.5 Å². The van der Waals surface area contributed by atoms with Gasteiger partial charge in [0.2, 0.25) is 0 Å². The molecular formula is C14H20N4OS. The van der Waals surface area contributed by atoms with Crippen LogP contribution in [0.25, 0.3) is 10.9 Å². The summed E-state index contributed by atoms with van der Waals surface area (Å²) in [4.78, 5) is 2.39. The number of hydrogen-bond acceptors (Lipinski definition) is 3. The van der Waals surface area contributed by atoms with Crippen molar-refractivity contribution in [3.05, 3.63) is 23.9 Å². The van der Waals surface area contributed by atoms with E-state index in [9.17, 15) is 4.21 Å². The highest BCUT2D eigenvalue weighted by molar-refractivity contribution is 7.81. The summed E-state index contributed by atoms with van der Waals surface area (Å²) in [5, 5.41) is 8.37. The van der Waals surface area contributed by atoms with Gasteiger partial charge in [0.1, 0.15) is 0 Å². The molecule has 1 aromatic carbocycles. The molecule has 108 valence electrons. The van der Waals surface area contributed by atoms with E-state index in [1.165, 1.54) is 16.6 Å². The van der Waals surface area contributed by atoms with Crippen LogP contribution in [0.4, 0.5) is 5.69 Å². The number of nitrogens with zero attached hydrogens (tertiary/aromatic N) is 3. The number of aromatic nitrogens is 2. The summed E-state index contributed by atoms with van der Waals surface area (Å²) in [6.07, 6.45) is 4.69. The monoisotopic (exact) mass is 292 g/mol. The van der Waals surface area contributed by atoms with E-state index in [0.29, 0.717) is 0 Å². The standard InChI is InChI=1S/C14H20N4OS/c1-11-8-13-12(10-15-16-13)14(9-11)17-4-3-5-18(7-6-17)20(2)19/h8-10H,3-7H2,1-2H3,(H,15,16). The maximum Gasteiger partial charge on any atom is 0.0911 e. The summed E-state index contributed by atoms with van der Waals surface area (Å²) in [7, 11) is -0.870. The lowest BCUT2D eigenvalue weighted by atomic mass is 10.1. The van der Waals surface area contributed by atoms with Gasteiger partial charge in [-0.25, -0.2) is 8.51 Å². The van der Waals surface area contributed by atoms with Gasteiger partial charge in [0.15, 0.2) is 0 Å². The predicted molar refractivity (Wildman–Crippen MR) is 83.3 cm³/mol. The van der Waals surface area contributed by atoms with Crippen molar-refractivity contribution in [2.45, 2.75) is 13.3 Å². The van der Waals surface area contributed by atoms with Crippen LogP contribution in [-0.2, 0) is 11.0 Å². The minimum atomic E-state index is -0.870. The van der Waals surface area contributed by atoms with Crippen molar-refractivity contribution >= 4 is 27.6 Å². The van der Waals surface area contributed by atoms with Gasteiger partial charge in [-0.15, -0.1) is 0 Å². The van der Waals surface area contributed by atoms with Crippen molar-refractivity contribution in [2.24, 2.45) is 0 Å². The molecule has 6 heteroatoms. The van der Waals surface area contributed by atoms with E-state index in [1.54, 1.807) is 6.26 Å². The summed E-state index contributed by atoms with van der Waals surface area (Å²) < 4.78 is 13.7. The second kappa shape index (κ2) is 5.54. The molecule has 3 rings (SSSR count). The number of aromatic amines is 1. The molecule has 0 bridgehead atoms. The first-order chi connectivity index (χ1) is 9.65. The fourth-order valence-electron chi connectivity index (χ4n) is 2.83. The van der Waals surface area contributed by atoms with Crippen LogP contribution >= 0.6 is 0 Å². The number of benzene rings is 1. The molecule has 20 heavy (non-hydrogen) atoms. The van der Waals surface area contributed by atoms with Crippen molar-refractivity contribution in [1.29, 1.82) is 0 Å². The van der Waals surface area contributed by atoms with Gasteiger partial charge in [-0.05, 0) is 31.0 Å². The Balaban J connectivity index is 1.91. The van der Waals surface area contributed by atoms with Gasteiger partial charge in [0.25, 0.3) is 0 Å². The van der Waals surface area contributed by atoms with E-state index in [-0.39, 0.29) is 0 Å². The minimum Gasteiger partial charge on any atom is -0.370 e. The molecule has 1 unspecified atom stereocenters. The summed E-state index contributed by atoms with van der Waals surface area (Å²) in [6.45, 7) is 5.76. The van der Waals surface area contributed by atoms with Gasteiger partial charge in [-0.2, -0.15) is 5.10 Å². The Morgan fingerprint density at radius 1 is 1.25 bits per heavy atom. The van der Waals surface area contributed by atoms with E-state index in [4.69, 9.17) is 0 Å².